The maximum atomic E-state index is 10.9. The summed E-state index contributed by atoms with van der Waals surface area (Å²) in [4.78, 5) is 10.9. The summed E-state index contributed by atoms with van der Waals surface area (Å²) in [5, 5.41) is 7.36. The zero-order valence-corrected chi connectivity index (χ0v) is 9.99. The molecular formula is C12H17N3O2. The van der Waals surface area contributed by atoms with Crippen molar-refractivity contribution in [3.05, 3.63) is 29.3 Å². The highest BCUT2D eigenvalue weighted by molar-refractivity contribution is 5.95. The number of amidine groups is 1. The highest BCUT2D eigenvalue weighted by Gasteiger charge is 2.10. The fourth-order valence-corrected chi connectivity index (χ4v) is 1.42. The zero-order valence-electron chi connectivity index (χ0n) is 9.99. The van der Waals surface area contributed by atoms with Crippen molar-refractivity contribution >= 4 is 11.7 Å². The number of primary amides is 1. The number of carbonyl (C=O) groups is 1. The molecule has 0 aliphatic carbocycles. The lowest BCUT2D eigenvalue weighted by Crippen LogP contribution is -2.17. The van der Waals surface area contributed by atoms with Crippen LogP contribution in [0.1, 0.15) is 25.0 Å². The van der Waals surface area contributed by atoms with Gasteiger partial charge in [0.15, 0.2) is 0 Å². The minimum absolute atomic E-state index is 0.0242. The first-order valence-electron chi connectivity index (χ1n) is 5.32. The average Bonchev–Trinajstić information content (AvgIpc) is 2.18. The summed E-state index contributed by atoms with van der Waals surface area (Å²) >= 11 is 0. The van der Waals surface area contributed by atoms with Crippen LogP contribution in [0.4, 0.5) is 0 Å². The number of carbonyl (C=O) groups excluding carboxylic acids is 1. The molecule has 5 N–H and O–H groups in total. The van der Waals surface area contributed by atoms with Gasteiger partial charge in [0.2, 0.25) is 5.91 Å². The molecule has 0 aromatic heterocycles. The van der Waals surface area contributed by atoms with Gasteiger partial charge in [-0.3, -0.25) is 10.2 Å². The molecule has 1 amide bonds. The first-order chi connectivity index (χ1) is 7.90. The third-order valence-electron chi connectivity index (χ3n) is 2.11. The highest BCUT2D eigenvalue weighted by atomic mass is 16.5. The van der Waals surface area contributed by atoms with E-state index in [1.54, 1.807) is 18.2 Å². The van der Waals surface area contributed by atoms with Crippen molar-refractivity contribution in [2.75, 3.05) is 0 Å². The van der Waals surface area contributed by atoms with Crippen molar-refractivity contribution in [1.29, 1.82) is 5.41 Å². The Balaban J connectivity index is 3.11. The largest absolute Gasteiger partial charge is 0.491 e. The second kappa shape index (κ2) is 5.34. The van der Waals surface area contributed by atoms with Crippen molar-refractivity contribution in [3.63, 3.8) is 0 Å². The molecule has 92 valence electrons. The third-order valence-corrected chi connectivity index (χ3v) is 2.11. The van der Waals surface area contributed by atoms with Crippen molar-refractivity contribution < 1.29 is 9.53 Å². The summed E-state index contributed by atoms with van der Waals surface area (Å²) in [7, 11) is 0. The van der Waals surface area contributed by atoms with Gasteiger partial charge in [0.25, 0.3) is 0 Å². The molecule has 0 aliphatic rings. The van der Waals surface area contributed by atoms with E-state index in [4.69, 9.17) is 21.6 Å². The van der Waals surface area contributed by atoms with Gasteiger partial charge in [0, 0.05) is 11.1 Å². The number of hydrogen-bond donors (Lipinski definition) is 3. The maximum Gasteiger partial charge on any atom is 0.221 e. The summed E-state index contributed by atoms with van der Waals surface area (Å²) in [5.41, 5.74) is 11.8. The monoisotopic (exact) mass is 235 g/mol. The predicted octanol–water partition coefficient (Wildman–Crippen LogP) is 0.786. The number of benzene rings is 1. The molecule has 0 saturated carbocycles. The molecule has 1 aromatic rings. The molecule has 0 saturated heterocycles. The lowest BCUT2D eigenvalue weighted by molar-refractivity contribution is -0.117. The predicted molar refractivity (Wildman–Crippen MR) is 66.1 cm³/mol. The molecule has 1 rings (SSSR count). The molecule has 0 atom stereocenters. The minimum Gasteiger partial charge on any atom is -0.491 e. The van der Waals surface area contributed by atoms with Crippen LogP contribution in [0, 0.1) is 5.41 Å². The Bertz CT molecular complexity index is 441. The fourth-order valence-electron chi connectivity index (χ4n) is 1.42. The Morgan fingerprint density at radius 1 is 1.41 bits per heavy atom. The van der Waals surface area contributed by atoms with E-state index in [9.17, 15) is 4.79 Å². The minimum atomic E-state index is -0.422. The number of amides is 1. The number of nitrogen functional groups attached to an aromatic ring is 1. The summed E-state index contributed by atoms with van der Waals surface area (Å²) in [6.45, 7) is 3.77. The lowest BCUT2D eigenvalue weighted by Gasteiger charge is -2.14. The van der Waals surface area contributed by atoms with Gasteiger partial charge in [-0.05, 0) is 19.9 Å². The van der Waals surface area contributed by atoms with Crippen LogP contribution in [0.3, 0.4) is 0 Å². The Kier molecular flexibility index (Phi) is 4.09. The van der Waals surface area contributed by atoms with Crippen molar-refractivity contribution in [1.82, 2.24) is 0 Å². The highest BCUT2D eigenvalue weighted by Crippen LogP contribution is 2.22. The Hall–Kier alpha value is -2.04. The van der Waals surface area contributed by atoms with Crippen LogP contribution in [0.2, 0.25) is 0 Å². The SMILES string of the molecule is CC(C)Oc1cc(C(=N)N)ccc1CC(N)=O. The van der Waals surface area contributed by atoms with E-state index >= 15 is 0 Å². The Morgan fingerprint density at radius 2 is 2.06 bits per heavy atom. The van der Waals surface area contributed by atoms with Crippen LogP contribution in [0.25, 0.3) is 0 Å². The van der Waals surface area contributed by atoms with Gasteiger partial charge in [-0.15, -0.1) is 0 Å². The van der Waals surface area contributed by atoms with Gasteiger partial charge in [-0.2, -0.15) is 0 Å². The van der Waals surface area contributed by atoms with Crippen LogP contribution in [0.5, 0.6) is 5.75 Å². The number of ether oxygens (including phenoxy) is 1. The summed E-state index contributed by atoms with van der Waals surface area (Å²) in [5.74, 6) is 0.0879. The molecule has 0 radical (unpaired) electrons. The van der Waals surface area contributed by atoms with E-state index in [0.29, 0.717) is 16.9 Å². The van der Waals surface area contributed by atoms with Gasteiger partial charge in [-0.1, -0.05) is 12.1 Å². The molecule has 0 unspecified atom stereocenters. The number of rotatable bonds is 5. The topological polar surface area (TPSA) is 102 Å². The third kappa shape index (κ3) is 3.79. The Labute approximate surface area is 100 Å². The quantitative estimate of drug-likeness (QED) is 0.519. The first kappa shape index (κ1) is 13.0. The molecule has 0 fully saturated rings. The van der Waals surface area contributed by atoms with E-state index in [0.717, 1.165) is 0 Å². The maximum absolute atomic E-state index is 10.9. The van der Waals surface area contributed by atoms with Crippen LogP contribution < -0.4 is 16.2 Å². The van der Waals surface area contributed by atoms with E-state index in [-0.39, 0.29) is 18.4 Å². The average molecular weight is 235 g/mol. The number of nitrogens with two attached hydrogens (primary N) is 2. The standard InChI is InChI=1S/C12H17N3O2/c1-7(2)17-10-5-9(12(14)15)4-3-8(10)6-11(13)16/h3-5,7H,6H2,1-2H3,(H2,13,16)(H3,14,15). The summed E-state index contributed by atoms with van der Waals surface area (Å²) in [6, 6.07) is 5.04. The smallest absolute Gasteiger partial charge is 0.221 e. The molecule has 5 heteroatoms. The molecule has 0 spiro atoms. The van der Waals surface area contributed by atoms with Gasteiger partial charge in [0.05, 0.1) is 12.5 Å². The van der Waals surface area contributed by atoms with Gasteiger partial charge < -0.3 is 16.2 Å². The van der Waals surface area contributed by atoms with E-state index in [1.807, 2.05) is 13.8 Å². The molecule has 0 heterocycles. The van der Waals surface area contributed by atoms with E-state index in [1.165, 1.54) is 0 Å². The lowest BCUT2D eigenvalue weighted by atomic mass is 10.1. The molecule has 17 heavy (non-hydrogen) atoms. The molecule has 1 aromatic carbocycles. The second-order valence-corrected chi connectivity index (χ2v) is 4.05. The summed E-state index contributed by atoms with van der Waals surface area (Å²) in [6.07, 6.45) is 0.0871. The van der Waals surface area contributed by atoms with E-state index in [2.05, 4.69) is 0 Å². The fraction of sp³-hybridized carbons (Fsp3) is 0.333. The molecule has 0 aliphatic heterocycles. The first-order valence-corrected chi connectivity index (χ1v) is 5.32. The van der Waals surface area contributed by atoms with Gasteiger partial charge in [-0.25, -0.2) is 0 Å². The molecular weight excluding hydrogens is 218 g/mol. The zero-order chi connectivity index (χ0) is 13.0. The van der Waals surface area contributed by atoms with Crippen LogP contribution in [0.15, 0.2) is 18.2 Å². The van der Waals surface area contributed by atoms with Gasteiger partial charge >= 0.3 is 0 Å². The van der Waals surface area contributed by atoms with Crippen LogP contribution in [-0.2, 0) is 11.2 Å². The molecule has 5 nitrogen and oxygen atoms in total. The van der Waals surface area contributed by atoms with Crippen LogP contribution >= 0.6 is 0 Å². The van der Waals surface area contributed by atoms with E-state index < -0.39 is 5.91 Å². The van der Waals surface area contributed by atoms with Crippen molar-refractivity contribution in [2.24, 2.45) is 11.5 Å². The van der Waals surface area contributed by atoms with Crippen LogP contribution in [-0.4, -0.2) is 17.8 Å². The summed E-state index contributed by atoms with van der Waals surface area (Å²) < 4.78 is 5.58. The number of hydrogen-bond acceptors (Lipinski definition) is 3. The Morgan fingerprint density at radius 3 is 2.53 bits per heavy atom. The second-order valence-electron chi connectivity index (χ2n) is 4.05. The van der Waals surface area contributed by atoms with Gasteiger partial charge in [0.1, 0.15) is 11.6 Å². The number of nitrogens with one attached hydrogen (secondary N) is 1. The van der Waals surface area contributed by atoms with Crippen molar-refractivity contribution in [3.8, 4) is 5.75 Å². The molecule has 0 bridgehead atoms. The normalized spacial score (nSPS) is 10.3. The van der Waals surface area contributed by atoms with Crippen molar-refractivity contribution in [2.45, 2.75) is 26.4 Å².